The van der Waals surface area contributed by atoms with E-state index in [4.69, 9.17) is 5.11 Å². The Hall–Kier alpha value is -0.230. The molecule has 0 aliphatic rings. The van der Waals surface area contributed by atoms with Crippen LogP contribution in [0.15, 0.2) is 12.1 Å². The Balaban J connectivity index is 3.29. The summed E-state index contributed by atoms with van der Waals surface area (Å²) in [7, 11) is 0. The van der Waals surface area contributed by atoms with Gasteiger partial charge in [-0.1, -0.05) is 0 Å². The van der Waals surface area contributed by atoms with E-state index in [1.807, 2.05) is 22.6 Å². The van der Waals surface area contributed by atoms with Crippen molar-refractivity contribution in [3.63, 3.8) is 0 Å². The smallest absolute Gasteiger partial charge is 0.165 e. The van der Waals surface area contributed by atoms with Crippen LogP contribution in [0.2, 0.25) is 0 Å². The minimum Gasteiger partial charge on any atom is -0.392 e. The number of benzene rings is 1. The Labute approximate surface area is 76.2 Å². The van der Waals surface area contributed by atoms with E-state index in [1.165, 1.54) is 6.07 Å². The second kappa shape index (κ2) is 3.44. The van der Waals surface area contributed by atoms with Gasteiger partial charge in [0.05, 0.1) is 6.61 Å². The quantitative estimate of drug-likeness (QED) is 0.611. The fraction of sp³-hybridized carbons (Fsp3) is 0.143. The van der Waals surface area contributed by atoms with Gasteiger partial charge in [0.1, 0.15) is 0 Å². The van der Waals surface area contributed by atoms with Crippen molar-refractivity contribution in [2.24, 2.45) is 0 Å². The van der Waals surface area contributed by atoms with Gasteiger partial charge in [-0.05, 0) is 34.7 Å². The van der Waals surface area contributed by atoms with Gasteiger partial charge in [0.2, 0.25) is 0 Å². The zero-order valence-electron chi connectivity index (χ0n) is 5.44. The van der Waals surface area contributed by atoms with Crippen molar-refractivity contribution in [3.8, 4) is 0 Å². The number of hydrogen-bond donors (Lipinski definition) is 1. The average molecular weight is 270 g/mol. The molecule has 11 heavy (non-hydrogen) atoms. The number of aliphatic hydroxyl groups excluding tert-OH is 1. The summed E-state index contributed by atoms with van der Waals surface area (Å²) in [6, 6.07) is 2.46. The highest BCUT2D eigenvalue weighted by Gasteiger charge is 2.09. The van der Waals surface area contributed by atoms with E-state index < -0.39 is 18.2 Å². The zero-order chi connectivity index (χ0) is 8.43. The molecule has 0 aromatic heterocycles. The van der Waals surface area contributed by atoms with Crippen LogP contribution >= 0.6 is 22.6 Å². The van der Waals surface area contributed by atoms with Crippen molar-refractivity contribution >= 4 is 22.6 Å². The molecule has 0 amide bonds. The summed E-state index contributed by atoms with van der Waals surface area (Å²) in [4.78, 5) is 0. The first-order valence-corrected chi connectivity index (χ1v) is 3.98. The van der Waals surface area contributed by atoms with Crippen LogP contribution in [0.25, 0.3) is 0 Å². The number of halogens is 3. The molecule has 0 spiro atoms. The lowest BCUT2D eigenvalue weighted by Gasteiger charge is -2.01. The van der Waals surface area contributed by atoms with Crippen LogP contribution in [0, 0.1) is 15.2 Å². The number of rotatable bonds is 1. The molecule has 0 saturated carbocycles. The average Bonchev–Trinajstić information content (AvgIpc) is 1.99. The molecule has 0 aliphatic carbocycles. The van der Waals surface area contributed by atoms with Gasteiger partial charge in [-0.2, -0.15) is 0 Å². The molecule has 1 aromatic carbocycles. The molecular weight excluding hydrogens is 265 g/mol. The van der Waals surface area contributed by atoms with Crippen molar-refractivity contribution in [2.45, 2.75) is 6.61 Å². The maximum atomic E-state index is 12.7. The highest BCUT2D eigenvalue weighted by atomic mass is 127. The Bertz CT molecular complexity index is 275. The van der Waals surface area contributed by atoms with E-state index in [-0.39, 0.29) is 5.56 Å². The van der Waals surface area contributed by atoms with Gasteiger partial charge in [0.15, 0.2) is 11.6 Å². The summed E-state index contributed by atoms with van der Waals surface area (Å²) < 4.78 is 25.7. The van der Waals surface area contributed by atoms with Gasteiger partial charge in [-0.25, -0.2) is 8.78 Å². The van der Waals surface area contributed by atoms with E-state index in [1.54, 1.807) is 0 Å². The summed E-state index contributed by atoms with van der Waals surface area (Å²) in [5.74, 6) is -1.88. The fourth-order valence-electron chi connectivity index (χ4n) is 0.714. The van der Waals surface area contributed by atoms with Gasteiger partial charge in [-0.15, -0.1) is 0 Å². The van der Waals surface area contributed by atoms with Gasteiger partial charge in [0.25, 0.3) is 0 Å². The Morgan fingerprint density at radius 1 is 1.36 bits per heavy atom. The molecule has 0 radical (unpaired) electrons. The van der Waals surface area contributed by atoms with Crippen LogP contribution in [0.1, 0.15) is 5.56 Å². The maximum Gasteiger partial charge on any atom is 0.165 e. The summed E-state index contributed by atoms with van der Waals surface area (Å²) in [6.45, 7) is -0.470. The lowest BCUT2D eigenvalue weighted by Crippen LogP contribution is -1.96. The molecule has 1 N–H and O–H groups in total. The molecule has 0 bridgehead atoms. The second-order valence-electron chi connectivity index (χ2n) is 1.98. The number of hydrogen-bond acceptors (Lipinski definition) is 1. The third-order valence-corrected chi connectivity index (χ3v) is 2.31. The second-order valence-corrected chi connectivity index (χ2v) is 3.14. The molecule has 0 saturated heterocycles. The maximum absolute atomic E-state index is 12.7. The SMILES string of the molecule is OCc1c(I)ccc(F)c1F. The van der Waals surface area contributed by atoms with Gasteiger partial charge < -0.3 is 5.11 Å². The monoisotopic (exact) mass is 270 g/mol. The summed E-state index contributed by atoms with van der Waals surface area (Å²) in [5, 5.41) is 8.61. The molecule has 0 heterocycles. The molecule has 1 rings (SSSR count). The molecule has 1 aromatic rings. The van der Waals surface area contributed by atoms with Crippen LogP contribution < -0.4 is 0 Å². The standard InChI is InChI=1S/C7H5F2IO/c8-5-1-2-6(10)4(3-11)7(5)9/h1-2,11H,3H2. The molecule has 0 atom stereocenters. The molecule has 4 heteroatoms. The van der Waals surface area contributed by atoms with Crippen molar-refractivity contribution < 1.29 is 13.9 Å². The molecule has 0 aliphatic heterocycles. The Morgan fingerprint density at radius 2 is 2.00 bits per heavy atom. The predicted molar refractivity (Wildman–Crippen MR) is 45.0 cm³/mol. The van der Waals surface area contributed by atoms with Crippen LogP contribution in [-0.4, -0.2) is 5.11 Å². The van der Waals surface area contributed by atoms with Crippen LogP contribution in [0.4, 0.5) is 8.78 Å². The van der Waals surface area contributed by atoms with Gasteiger partial charge in [0, 0.05) is 9.13 Å². The van der Waals surface area contributed by atoms with Crippen molar-refractivity contribution in [1.29, 1.82) is 0 Å². The van der Waals surface area contributed by atoms with E-state index in [0.29, 0.717) is 3.57 Å². The molecule has 60 valence electrons. The predicted octanol–water partition coefficient (Wildman–Crippen LogP) is 2.06. The van der Waals surface area contributed by atoms with Gasteiger partial charge in [-0.3, -0.25) is 0 Å². The van der Waals surface area contributed by atoms with Crippen LogP contribution in [0.5, 0.6) is 0 Å². The van der Waals surface area contributed by atoms with Crippen LogP contribution in [0.3, 0.4) is 0 Å². The van der Waals surface area contributed by atoms with Crippen LogP contribution in [-0.2, 0) is 6.61 Å². The van der Waals surface area contributed by atoms with E-state index >= 15 is 0 Å². The third kappa shape index (κ3) is 1.67. The summed E-state index contributed by atoms with van der Waals surface area (Å²) >= 11 is 1.84. The van der Waals surface area contributed by atoms with Crippen molar-refractivity contribution in [3.05, 3.63) is 32.9 Å². The Kier molecular flexibility index (Phi) is 2.78. The first-order valence-electron chi connectivity index (χ1n) is 2.90. The third-order valence-electron chi connectivity index (χ3n) is 1.30. The molecular formula is C7H5F2IO. The fourth-order valence-corrected chi connectivity index (χ4v) is 1.30. The zero-order valence-corrected chi connectivity index (χ0v) is 7.60. The number of aliphatic hydroxyl groups is 1. The molecule has 0 unspecified atom stereocenters. The van der Waals surface area contributed by atoms with Crippen molar-refractivity contribution in [1.82, 2.24) is 0 Å². The minimum atomic E-state index is -0.959. The largest absolute Gasteiger partial charge is 0.392 e. The first-order chi connectivity index (χ1) is 5.16. The molecule has 0 fully saturated rings. The van der Waals surface area contributed by atoms with E-state index in [9.17, 15) is 8.78 Å². The lowest BCUT2D eigenvalue weighted by molar-refractivity contribution is 0.272. The summed E-state index contributed by atoms with van der Waals surface area (Å²) in [5.41, 5.74) is 0.0191. The molecule has 1 nitrogen and oxygen atoms in total. The van der Waals surface area contributed by atoms with Crippen molar-refractivity contribution in [2.75, 3.05) is 0 Å². The first kappa shape index (κ1) is 8.86. The highest BCUT2D eigenvalue weighted by molar-refractivity contribution is 14.1. The normalized spacial score (nSPS) is 10.2. The van der Waals surface area contributed by atoms with Gasteiger partial charge >= 0.3 is 0 Å². The lowest BCUT2D eigenvalue weighted by atomic mass is 10.2. The summed E-state index contributed by atoms with van der Waals surface area (Å²) in [6.07, 6.45) is 0. The Morgan fingerprint density at radius 3 is 2.45 bits per heavy atom. The van der Waals surface area contributed by atoms with E-state index in [2.05, 4.69) is 0 Å². The minimum absolute atomic E-state index is 0.0191. The highest BCUT2D eigenvalue weighted by Crippen LogP contribution is 2.18. The van der Waals surface area contributed by atoms with E-state index in [0.717, 1.165) is 6.07 Å². The topological polar surface area (TPSA) is 20.2 Å².